The maximum Gasteiger partial charge on any atom is 0.309 e. The van der Waals surface area contributed by atoms with Crippen molar-refractivity contribution in [3.8, 4) is 0 Å². The molecule has 0 bridgehead atoms. The number of nitrogens with one attached hydrogen (secondary N) is 2. The van der Waals surface area contributed by atoms with E-state index >= 15 is 0 Å². The van der Waals surface area contributed by atoms with E-state index in [-0.39, 0.29) is 17.8 Å². The van der Waals surface area contributed by atoms with Crippen molar-refractivity contribution < 1.29 is 19.2 Å². The number of thioether (sulfide) groups is 1. The molecule has 22 heavy (non-hydrogen) atoms. The highest BCUT2D eigenvalue weighted by Gasteiger charge is 2.28. The SMILES string of the molecule is COC(=O)C1CC[NH+](CC(=O)Nc2cccc(SC)c2)CC1. The van der Waals surface area contributed by atoms with Crippen LogP contribution in [-0.4, -0.2) is 44.9 Å². The molecule has 120 valence electrons. The first kappa shape index (κ1) is 16.8. The molecule has 1 aromatic carbocycles. The lowest BCUT2D eigenvalue weighted by atomic mass is 9.97. The lowest BCUT2D eigenvalue weighted by molar-refractivity contribution is -0.897. The van der Waals surface area contributed by atoms with Crippen LogP contribution >= 0.6 is 11.8 Å². The third-order valence-corrected chi connectivity index (χ3v) is 4.72. The van der Waals surface area contributed by atoms with Crippen LogP contribution < -0.4 is 10.2 Å². The van der Waals surface area contributed by atoms with Crippen molar-refractivity contribution in [3.05, 3.63) is 24.3 Å². The standard InChI is InChI=1S/C16H22N2O3S/c1-21-16(20)12-6-8-18(9-7-12)11-15(19)17-13-4-3-5-14(10-13)22-2/h3-5,10,12H,6-9,11H2,1-2H3,(H,17,19)/p+1. The van der Waals surface area contributed by atoms with Crippen molar-refractivity contribution in [1.29, 1.82) is 0 Å². The number of ether oxygens (including phenoxy) is 1. The summed E-state index contributed by atoms with van der Waals surface area (Å²) in [5, 5.41) is 2.94. The number of anilines is 1. The molecule has 0 spiro atoms. The number of amides is 1. The lowest BCUT2D eigenvalue weighted by Crippen LogP contribution is -3.14. The molecule has 0 atom stereocenters. The summed E-state index contributed by atoms with van der Waals surface area (Å²) in [6.07, 6.45) is 3.59. The van der Waals surface area contributed by atoms with Crippen molar-refractivity contribution in [2.24, 2.45) is 5.92 Å². The van der Waals surface area contributed by atoms with E-state index in [2.05, 4.69) is 5.32 Å². The van der Waals surface area contributed by atoms with Crippen LogP contribution in [0.5, 0.6) is 0 Å². The Labute approximate surface area is 135 Å². The molecule has 1 heterocycles. The van der Waals surface area contributed by atoms with Gasteiger partial charge in [0, 0.05) is 23.4 Å². The minimum Gasteiger partial charge on any atom is -0.469 e. The Morgan fingerprint density at radius 2 is 2.09 bits per heavy atom. The monoisotopic (exact) mass is 323 g/mol. The summed E-state index contributed by atoms with van der Waals surface area (Å²) in [6, 6.07) is 7.83. The number of quaternary nitrogens is 1. The zero-order valence-electron chi connectivity index (χ0n) is 13.1. The first-order valence-corrected chi connectivity index (χ1v) is 8.70. The van der Waals surface area contributed by atoms with Crippen molar-refractivity contribution in [1.82, 2.24) is 0 Å². The summed E-state index contributed by atoms with van der Waals surface area (Å²) in [6.45, 7) is 2.10. The molecule has 5 nitrogen and oxygen atoms in total. The molecule has 6 heteroatoms. The third-order valence-electron chi connectivity index (χ3n) is 3.99. The van der Waals surface area contributed by atoms with Gasteiger partial charge in [0.1, 0.15) is 0 Å². The molecule has 0 radical (unpaired) electrons. The molecule has 1 fully saturated rings. The van der Waals surface area contributed by atoms with Crippen LogP contribution in [-0.2, 0) is 14.3 Å². The number of piperidine rings is 1. The van der Waals surface area contributed by atoms with Crippen molar-refractivity contribution in [2.45, 2.75) is 17.7 Å². The van der Waals surface area contributed by atoms with E-state index in [0.29, 0.717) is 6.54 Å². The molecule has 0 aromatic heterocycles. The van der Waals surface area contributed by atoms with E-state index in [9.17, 15) is 9.59 Å². The van der Waals surface area contributed by atoms with Gasteiger partial charge in [0.25, 0.3) is 5.91 Å². The number of carbonyl (C=O) groups excluding carboxylic acids is 2. The average Bonchev–Trinajstić information content (AvgIpc) is 2.55. The zero-order chi connectivity index (χ0) is 15.9. The van der Waals surface area contributed by atoms with Gasteiger partial charge in [0.2, 0.25) is 0 Å². The van der Waals surface area contributed by atoms with Crippen LogP contribution in [0.1, 0.15) is 12.8 Å². The van der Waals surface area contributed by atoms with Gasteiger partial charge in [-0.1, -0.05) is 6.07 Å². The molecule has 1 saturated heterocycles. The molecule has 2 N–H and O–H groups in total. The van der Waals surface area contributed by atoms with Gasteiger partial charge in [0.15, 0.2) is 6.54 Å². The Morgan fingerprint density at radius 3 is 2.73 bits per heavy atom. The second-order valence-electron chi connectivity index (χ2n) is 5.50. The van der Waals surface area contributed by atoms with Crippen LogP contribution in [0.3, 0.4) is 0 Å². The molecule has 0 saturated carbocycles. The molecular formula is C16H23N2O3S+. The van der Waals surface area contributed by atoms with Crippen molar-refractivity contribution in [3.63, 3.8) is 0 Å². The van der Waals surface area contributed by atoms with Gasteiger partial charge in [-0.2, -0.15) is 0 Å². The van der Waals surface area contributed by atoms with Crippen LogP contribution in [0.25, 0.3) is 0 Å². The molecule has 1 aliphatic rings. The fourth-order valence-corrected chi connectivity index (χ4v) is 3.20. The number of methoxy groups -OCH3 is 1. The quantitative estimate of drug-likeness (QED) is 0.622. The number of esters is 1. The maximum atomic E-state index is 12.1. The predicted octanol–water partition coefficient (Wildman–Crippen LogP) is 0.815. The molecule has 1 aromatic rings. The number of rotatable bonds is 5. The van der Waals surface area contributed by atoms with Crippen molar-refractivity contribution in [2.75, 3.05) is 38.3 Å². The first-order valence-electron chi connectivity index (χ1n) is 7.47. The van der Waals surface area contributed by atoms with Crippen LogP contribution in [0.4, 0.5) is 5.69 Å². The Morgan fingerprint density at radius 1 is 1.36 bits per heavy atom. The summed E-state index contributed by atoms with van der Waals surface area (Å²) in [4.78, 5) is 26.0. The number of benzene rings is 1. The molecule has 1 aliphatic heterocycles. The fraction of sp³-hybridized carbons (Fsp3) is 0.500. The summed E-state index contributed by atoms with van der Waals surface area (Å²) in [5.41, 5.74) is 0.834. The Hall–Kier alpha value is -1.53. The van der Waals surface area contributed by atoms with E-state index in [1.54, 1.807) is 11.8 Å². The van der Waals surface area contributed by atoms with Gasteiger partial charge in [-0.25, -0.2) is 0 Å². The number of likely N-dealkylation sites (tertiary alicyclic amines) is 1. The second kappa shape index (κ2) is 8.19. The number of hydrogen-bond donors (Lipinski definition) is 2. The van der Waals surface area contributed by atoms with Gasteiger partial charge in [-0.15, -0.1) is 11.8 Å². The predicted molar refractivity (Wildman–Crippen MR) is 87.2 cm³/mol. The second-order valence-corrected chi connectivity index (χ2v) is 6.38. The molecule has 1 amide bonds. The Bertz CT molecular complexity index is 528. The normalized spacial score (nSPS) is 21.2. The van der Waals surface area contributed by atoms with Gasteiger partial charge in [-0.3, -0.25) is 9.59 Å². The van der Waals surface area contributed by atoms with Gasteiger partial charge in [-0.05, 0) is 24.5 Å². The highest BCUT2D eigenvalue weighted by atomic mass is 32.2. The van der Waals surface area contributed by atoms with E-state index in [1.807, 2.05) is 30.5 Å². The smallest absolute Gasteiger partial charge is 0.309 e. The fourth-order valence-electron chi connectivity index (χ4n) is 2.74. The molecular weight excluding hydrogens is 300 g/mol. The average molecular weight is 323 g/mol. The highest BCUT2D eigenvalue weighted by Crippen LogP contribution is 2.18. The summed E-state index contributed by atoms with van der Waals surface area (Å²) < 4.78 is 4.78. The highest BCUT2D eigenvalue weighted by molar-refractivity contribution is 7.98. The van der Waals surface area contributed by atoms with Crippen LogP contribution in [0.2, 0.25) is 0 Å². The lowest BCUT2D eigenvalue weighted by Gasteiger charge is -2.27. The summed E-state index contributed by atoms with van der Waals surface area (Å²) in [5.74, 6) is -0.114. The minimum absolute atomic E-state index is 0.00456. The largest absolute Gasteiger partial charge is 0.469 e. The first-order chi connectivity index (χ1) is 10.6. The topological polar surface area (TPSA) is 59.8 Å². The van der Waals surface area contributed by atoms with E-state index in [0.717, 1.165) is 36.5 Å². The number of carbonyl (C=O) groups is 2. The maximum absolute atomic E-state index is 12.1. The molecule has 0 aliphatic carbocycles. The summed E-state index contributed by atoms with van der Waals surface area (Å²) >= 11 is 1.65. The van der Waals surface area contributed by atoms with Gasteiger partial charge in [0.05, 0.1) is 26.1 Å². The molecule has 2 rings (SSSR count). The van der Waals surface area contributed by atoms with Crippen molar-refractivity contribution >= 4 is 29.3 Å². The van der Waals surface area contributed by atoms with E-state index in [4.69, 9.17) is 4.74 Å². The number of hydrogen-bond acceptors (Lipinski definition) is 4. The van der Waals surface area contributed by atoms with E-state index in [1.165, 1.54) is 12.0 Å². The van der Waals surface area contributed by atoms with E-state index < -0.39 is 0 Å². The summed E-state index contributed by atoms with van der Waals surface area (Å²) in [7, 11) is 1.43. The Kier molecular flexibility index (Phi) is 6.27. The van der Waals surface area contributed by atoms with Gasteiger partial charge < -0.3 is 15.0 Å². The zero-order valence-corrected chi connectivity index (χ0v) is 13.9. The minimum atomic E-state index is -0.127. The van der Waals surface area contributed by atoms with Gasteiger partial charge >= 0.3 is 5.97 Å². The third kappa shape index (κ3) is 4.74. The molecule has 0 unspecified atom stereocenters. The van der Waals surface area contributed by atoms with Crippen LogP contribution in [0.15, 0.2) is 29.2 Å². The Balaban J connectivity index is 1.79. The van der Waals surface area contributed by atoms with Crippen LogP contribution in [0, 0.1) is 5.92 Å².